The molecule has 1 aliphatic heterocycles. The normalized spacial score (nSPS) is 18.2. The molecule has 10 heteroatoms. The summed E-state index contributed by atoms with van der Waals surface area (Å²) in [6.45, 7) is 7.67. The highest BCUT2D eigenvalue weighted by molar-refractivity contribution is 8.25. The predicted molar refractivity (Wildman–Crippen MR) is 157 cm³/mol. The predicted octanol–water partition coefficient (Wildman–Crippen LogP) is 4.90. The van der Waals surface area contributed by atoms with Gasteiger partial charge in [-0.2, -0.15) is 0 Å². The van der Waals surface area contributed by atoms with E-state index in [4.69, 9.17) is 0 Å². The van der Waals surface area contributed by atoms with E-state index in [-0.39, 0.29) is 24.4 Å². The largest absolute Gasteiger partial charge is 0.390 e. The minimum Gasteiger partial charge on any atom is -0.390 e. The Bertz CT molecular complexity index is 982. The van der Waals surface area contributed by atoms with E-state index in [1.165, 1.54) is 0 Å². The molecule has 2 aromatic rings. The third-order valence-electron chi connectivity index (χ3n) is 6.60. The zero-order chi connectivity index (χ0) is 26.1. The monoisotopic (exact) mass is 554 g/mol. The number of anilines is 2. The molecule has 0 aromatic heterocycles. The van der Waals surface area contributed by atoms with Crippen molar-refractivity contribution in [2.45, 2.75) is 64.6 Å². The zero-order valence-electron chi connectivity index (χ0n) is 22.0. The van der Waals surface area contributed by atoms with Crippen molar-refractivity contribution in [2.75, 3.05) is 35.0 Å². The van der Waals surface area contributed by atoms with E-state index in [2.05, 4.69) is 29.8 Å². The number of aliphatic hydroxyl groups is 1. The third-order valence-corrected chi connectivity index (χ3v) is 8.53. The van der Waals surface area contributed by atoms with Crippen LogP contribution in [0.25, 0.3) is 0 Å². The maximum atomic E-state index is 13.5. The molecule has 1 fully saturated rings. The summed E-state index contributed by atoms with van der Waals surface area (Å²) < 4.78 is 22.9. The lowest BCUT2D eigenvalue weighted by atomic mass is 10.00. The number of nitrogens with one attached hydrogen (secondary N) is 3. The van der Waals surface area contributed by atoms with E-state index in [0.717, 1.165) is 30.5 Å². The molecule has 1 aliphatic rings. The van der Waals surface area contributed by atoms with Crippen molar-refractivity contribution in [1.29, 1.82) is 0 Å². The molecule has 3 atom stereocenters. The first kappa shape index (κ1) is 31.2. The summed E-state index contributed by atoms with van der Waals surface area (Å²) in [7, 11) is -2.92. The van der Waals surface area contributed by atoms with Gasteiger partial charge in [0.15, 0.2) is 0 Å². The number of halogens is 1. The van der Waals surface area contributed by atoms with Gasteiger partial charge < -0.3 is 21.1 Å². The highest BCUT2D eigenvalue weighted by atomic mass is 35.5. The highest BCUT2D eigenvalue weighted by Gasteiger charge is 2.28. The number of aliphatic hydroxyl groups excluding tert-OH is 1. The quantitative estimate of drug-likeness (QED) is 0.221. The van der Waals surface area contributed by atoms with Gasteiger partial charge in [0.25, 0.3) is 5.91 Å². The molecule has 1 amide bonds. The van der Waals surface area contributed by atoms with Crippen molar-refractivity contribution in [2.24, 2.45) is 0 Å². The molecule has 8 nitrogen and oxygen atoms in total. The van der Waals surface area contributed by atoms with Crippen molar-refractivity contribution < 1.29 is 19.0 Å². The third kappa shape index (κ3) is 9.05. The fourth-order valence-electron chi connectivity index (χ4n) is 4.31. The number of hydrogen-bond acceptors (Lipinski definition) is 7. The summed E-state index contributed by atoms with van der Waals surface area (Å²) in [5.74, 6) is 0.0158. The van der Waals surface area contributed by atoms with Gasteiger partial charge in [-0.1, -0.05) is 37.3 Å². The summed E-state index contributed by atoms with van der Waals surface area (Å²) >= 11 is 0. The second-order valence-corrected chi connectivity index (χ2v) is 11.6. The van der Waals surface area contributed by atoms with Gasteiger partial charge in [0.2, 0.25) is 0 Å². The Hall–Kier alpha value is -2.01. The Kier molecular flexibility index (Phi) is 12.5. The lowest BCUT2D eigenvalue weighted by molar-refractivity contribution is 0.0825. The number of hydrogen-bond donors (Lipinski definition) is 6. The van der Waals surface area contributed by atoms with E-state index in [9.17, 15) is 19.0 Å². The van der Waals surface area contributed by atoms with Crippen LogP contribution in [0.4, 0.5) is 11.4 Å². The summed E-state index contributed by atoms with van der Waals surface area (Å²) in [4.78, 5) is 13.5. The van der Waals surface area contributed by atoms with Gasteiger partial charge in [0.05, 0.1) is 23.6 Å². The first-order valence-electron chi connectivity index (χ1n) is 12.9. The Labute approximate surface area is 229 Å². The minimum absolute atomic E-state index is 0. The van der Waals surface area contributed by atoms with Gasteiger partial charge in [-0.05, 0) is 63.3 Å². The van der Waals surface area contributed by atoms with Crippen LogP contribution in [0, 0.1) is 0 Å². The summed E-state index contributed by atoms with van der Waals surface area (Å²) in [6, 6.07) is 14.9. The maximum Gasteiger partial charge on any atom is 0.251 e. The van der Waals surface area contributed by atoms with Crippen LogP contribution < -0.4 is 20.3 Å². The van der Waals surface area contributed by atoms with Crippen molar-refractivity contribution in [1.82, 2.24) is 10.6 Å². The van der Waals surface area contributed by atoms with Crippen molar-refractivity contribution >= 4 is 40.5 Å². The number of amides is 1. The molecule has 0 saturated carbocycles. The molecular formula is C27H43ClN4O4S. The van der Waals surface area contributed by atoms with E-state index in [1.807, 2.05) is 43.3 Å². The number of carbonyl (C=O) groups is 1. The molecule has 2 aromatic carbocycles. The lowest BCUT2D eigenvalue weighted by Crippen LogP contribution is -2.49. The molecule has 3 rings (SSSR count). The molecule has 0 spiro atoms. The second kappa shape index (κ2) is 14.8. The van der Waals surface area contributed by atoms with Crippen molar-refractivity contribution in [3.05, 3.63) is 59.7 Å². The van der Waals surface area contributed by atoms with Gasteiger partial charge in [-0.15, -0.1) is 23.2 Å². The molecule has 0 aliphatic carbocycles. The van der Waals surface area contributed by atoms with Gasteiger partial charge in [0, 0.05) is 36.9 Å². The van der Waals surface area contributed by atoms with Crippen LogP contribution >= 0.6 is 23.2 Å². The molecule has 37 heavy (non-hydrogen) atoms. The first-order chi connectivity index (χ1) is 17.2. The average molecular weight is 555 g/mol. The van der Waals surface area contributed by atoms with Gasteiger partial charge >= 0.3 is 0 Å². The van der Waals surface area contributed by atoms with Gasteiger partial charge in [-0.25, -0.2) is 0 Å². The van der Waals surface area contributed by atoms with Crippen LogP contribution in [-0.2, 0) is 6.42 Å². The molecular weight excluding hydrogens is 512 g/mol. The van der Waals surface area contributed by atoms with Crippen molar-refractivity contribution in [3.63, 3.8) is 0 Å². The molecule has 208 valence electrons. The van der Waals surface area contributed by atoms with Gasteiger partial charge in [0.1, 0.15) is 0 Å². The van der Waals surface area contributed by atoms with Crippen LogP contribution in [-0.4, -0.2) is 63.7 Å². The lowest BCUT2D eigenvalue weighted by Gasteiger charge is -2.47. The Morgan fingerprint density at radius 1 is 1.11 bits per heavy atom. The molecule has 0 radical (unpaired) electrons. The number of carbonyl (C=O) groups excluding carboxylic acids is 1. The van der Waals surface area contributed by atoms with E-state index in [0.29, 0.717) is 43.1 Å². The van der Waals surface area contributed by atoms with Gasteiger partial charge in [-0.3, -0.25) is 18.2 Å². The fraction of sp³-hybridized carbons (Fsp3) is 0.519. The molecule has 1 unspecified atom stereocenters. The van der Waals surface area contributed by atoms with Crippen molar-refractivity contribution in [3.8, 4) is 0 Å². The SMILES string of the molecule is CCNc1cc(C(=O)N[C@@H](Cc2ccccc2)[C@H](O)CNC(C)CC)cc(N2CCCCS2(O)O)c1.Cl. The Morgan fingerprint density at radius 2 is 1.84 bits per heavy atom. The standard InChI is InChI=1S/C27H42N4O4S.ClH/c1-4-20(3)29-19-26(32)25(15-21-11-7-6-8-12-21)30-27(33)22-16-23(28-5-2)18-24(17-22)31-13-9-10-14-36(31,34)35;/h6-8,11-12,16-18,20,25-26,28-29,32,34-35H,4-5,9-10,13-15,19H2,1-3H3,(H,30,33);1H/t20?,25-,26+;/m0./s1. The summed E-state index contributed by atoms with van der Waals surface area (Å²) in [6.07, 6.45) is 2.27. The maximum absolute atomic E-state index is 13.5. The highest BCUT2D eigenvalue weighted by Crippen LogP contribution is 2.50. The molecule has 1 heterocycles. The van der Waals surface area contributed by atoms with Crippen LogP contribution in [0.5, 0.6) is 0 Å². The number of rotatable bonds is 12. The Balaban J connectivity index is 0.00000481. The summed E-state index contributed by atoms with van der Waals surface area (Å²) in [5.41, 5.74) is 2.77. The van der Waals surface area contributed by atoms with Crippen LogP contribution in [0.1, 0.15) is 56.0 Å². The fourth-order valence-corrected chi connectivity index (χ4v) is 5.99. The molecule has 1 saturated heterocycles. The summed E-state index contributed by atoms with van der Waals surface area (Å²) in [5, 5.41) is 20.6. The van der Waals surface area contributed by atoms with E-state index < -0.39 is 22.9 Å². The molecule has 0 bridgehead atoms. The van der Waals surface area contributed by atoms with Crippen LogP contribution in [0.3, 0.4) is 0 Å². The average Bonchev–Trinajstić information content (AvgIpc) is 2.87. The topological polar surface area (TPSA) is 117 Å². The number of benzene rings is 2. The smallest absolute Gasteiger partial charge is 0.251 e. The van der Waals surface area contributed by atoms with Crippen LogP contribution in [0.15, 0.2) is 48.5 Å². The Morgan fingerprint density at radius 3 is 2.49 bits per heavy atom. The zero-order valence-corrected chi connectivity index (χ0v) is 23.7. The molecule has 6 N–H and O–H groups in total. The first-order valence-corrected chi connectivity index (χ1v) is 14.6. The second-order valence-electron chi connectivity index (χ2n) is 9.50. The van der Waals surface area contributed by atoms with E-state index in [1.54, 1.807) is 16.4 Å². The number of nitrogens with zero attached hydrogens (tertiary/aromatic N) is 1. The minimum atomic E-state index is -2.92. The van der Waals surface area contributed by atoms with Crippen LogP contribution in [0.2, 0.25) is 0 Å². The van der Waals surface area contributed by atoms with E-state index >= 15 is 0 Å².